The number of fused-ring (bicyclic) bond motifs is 2. The number of pyridine rings is 2. The molecule has 2 aromatic carbocycles. The fourth-order valence-electron chi connectivity index (χ4n) is 5.70. The lowest BCUT2D eigenvalue weighted by atomic mass is 10.0. The van der Waals surface area contributed by atoms with Gasteiger partial charge < -0.3 is 20.1 Å². The first-order valence-electron chi connectivity index (χ1n) is 13.4. The van der Waals surface area contributed by atoms with E-state index in [-0.39, 0.29) is 23.7 Å². The van der Waals surface area contributed by atoms with Crippen LogP contribution in [0, 0.1) is 11.8 Å². The van der Waals surface area contributed by atoms with Crippen LogP contribution in [0.1, 0.15) is 21.0 Å². The Hall–Kier alpha value is -5.05. The summed E-state index contributed by atoms with van der Waals surface area (Å²) in [7, 11) is 0. The Morgan fingerprint density at radius 2 is 1.30 bits per heavy atom. The number of anilines is 2. The molecule has 2 saturated heterocycles. The normalized spacial score (nSPS) is 18.2. The molecule has 2 fully saturated rings. The van der Waals surface area contributed by atoms with E-state index in [4.69, 9.17) is 0 Å². The number of para-hydroxylation sites is 3. The summed E-state index contributed by atoms with van der Waals surface area (Å²) >= 11 is 0. The molecule has 2 N–H and O–H groups in total. The smallest absolute Gasteiger partial charge is 0.272 e. The number of nitrogens with zero attached hydrogens (tertiary/aromatic N) is 5. The highest BCUT2D eigenvalue weighted by atomic mass is 16.2. The molecule has 0 aliphatic carbocycles. The molecule has 9 nitrogen and oxygen atoms in total. The summed E-state index contributed by atoms with van der Waals surface area (Å²) in [4.78, 5) is 47.5. The summed E-state index contributed by atoms with van der Waals surface area (Å²) in [5, 5.41) is 3.25. The van der Waals surface area contributed by atoms with Crippen LogP contribution in [0.3, 0.4) is 0 Å². The van der Waals surface area contributed by atoms with E-state index < -0.39 is 0 Å². The third-order valence-electron chi connectivity index (χ3n) is 7.68. The lowest BCUT2D eigenvalue weighted by Gasteiger charge is -2.21. The summed E-state index contributed by atoms with van der Waals surface area (Å²) in [6.45, 7) is 2.43. The molecule has 198 valence electrons. The summed E-state index contributed by atoms with van der Waals surface area (Å²) < 4.78 is 0. The summed E-state index contributed by atoms with van der Waals surface area (Å²) in [6, 6.07) is 28.4. The number of carbonyl (C=O) groups excluding carboxylic acids is 2. The van der Waals surface area contributed by atoms with Crippen LogP contribution in [0.2, 0.25) is 0 Å². The van der Waals surface area contributed by atoms with Crippen LogP contribution in [-0.2, 0) is 0 Å². The van der Waals surface area contributed by atoms with Gasteiger partial charge in [-0.05, 0) is 48.5 Å². The van der Waals surface area contributed by atoms with E-state index in [0.29, 0.717) is 54.9 Å². The van der Waals surface area contributed by atoms with Gasteiger partial charge >= 0.3 is 0 Å². The molecule has 2 atom stereocenters. The molecule has 5 heterocycles. The van der Waals surface area contributed by atoms with E-state index >= 15 is 0 Å². The van der Waals surface area contributed by atoms with Gasteiger partial charge in [0.15, 0.2) is 5.82 Å². The van der Waals surface area contributed by atoms with Crippen molar-refractivity contribution in [3.8, 4) is 11.5 Å². The van der Waals surface area contributed by atoms with Gasteiger partial charge in [0.05, 0.1) is 11.0 Å². The molecule has 0 saturated carbocycles. The lowest BCUT2D eigenvalue weighted by molar-refractivity contribution is 0.0732. The zero-order chi connectivity index (χ0) is 27.1. The Bertz CT molecular complexity index is 1670. The number of aromatic amines is 1. The molecule has 7 rings (SSSR count). The van der Waals surface area contributed by atoms with Crippen molar-refractivity contribution in [2.45, 2.75) is 0 Å². The number of hydrogen-bond donors (Lipinski definition) is 2. The molecule has 0 radical (unpaired) electrons. The molecular formula is C31H27N7O2. The van der Waals surface area contributed by atoms with Gasteiger partial charge in [0.25, 0.3) is 11.8 Å². The van der Waals surface area contributed by atoms with Crippen LogP contribution in [-0.4, -0.2) is 67.7 Å². The number of H-pyrrole nitrogens is 1. The van der Waals surface area contributed by atoms with Crippen molar-refractivity contribution >= 4 is 34.4 Å². The first-order valence-corrected chi connectivity index (χ1v) is 13.4. The Labute approximate surface area is 230 Å². The second-order valence-corrected chi connectivity index (χ2v) is 10.4. The number of imidazole rings is 1. The number of rotatable bonds is 5. The van der Waals surface area contributed by atoms with Crippen molar-refractivity contribution in [3.63, 3.8) is 0 Å². The highest BCUT2D eigenvalue weighted by Gasteiger charge is 2.43. The molecule has 2 unspecified atom stereocenters. The minimum atomic E-state index is -0.0911. The largest absolute Gasteiger partial charge is 0.340 e. The van der Waals surface area contributed by atoms with E-state index in [1.54, 1.807) is 12.1 Å². The van der Waals surface area contributed by atoms with Gasteiger partial charge in [0, 0.05) is 43.7 Å². The van der Waals surface area contributed by atoms with Crippen molar-refractivity contribution in [2.75, 3.05) is 31.5 Å². The number of amides is 2. The van der Waals surface area contributed by atoms with E-state index in [1.807, 2.05) is 88.7 Å². The number of carbonyl (C=O) groups is 2. The molecule has 2 amide bonds. The quantitative estimate of drug-likeness (QED) is 0.344. The van der Waals surface area contributed by atoms with Gasteiger partial charge in [-0.2, -0.15) is 0 Å². The van der Waals surface area contributed by atoms with Gasteiger partial charge in [-0.1, -0.05) is 42.5 Å². The maximum atomic E-state index is 13.4. The summed E-state index contributed by atoms with van der Waals surface area (Å²) in [5.41, 5.74) is 4.15. The van der Waals surface area contributed by atoms with Gasteiger partial charge in [0.1, 0.15) is 22.9 Å². The van der Waals surface area contributed by atoms with Crippen LogP contribution in [0.5, 0.6) is 0 Å². The van der Waals surface area contributed by atoms with Crippen molar-refractivity contribution in [1.29, 1.82) is 0 Å². The summed E-state index contributed by atoms with van der Waals surface area (Å²) in [6.07, 6.45) is 0. The van der Waals surface area contributed by atoms with Gasteiger partial charge in [-0.25, -0.2) is 15.0 Å². The Morgan fingerprint density at radius 1 is 0.675 bits per heavy atom. The molecule has 2 aliphatic heterocycles. The van der Waals surface area contributed by atoms with Gasteiger partial charge in [0.2, 0.25) is 0 Å². The highest BCUT2D eigenvalue weighted by Crippen LogP contribution is 2.33. The molecule has 0 spiro atoms. The van der Waals surface area contributed by atoms with Crippen molar-refractivity contribution in [1.82, 2.24) is 29.7 Å². The zero-order valence-corrected chi connectivity index (χ0v) is 21.7. The SMILES string of the molecule is O=C(c1cccc(Nc2ccccc2)n1)N1CC2CN(C(=O)c3cccc(-c4nc5ccccc5[nH]4)n3)CC2C1. The number of likely N-dealkylation sites (tertiary alicyclic amines) is 2. The van der Waals surface area contributed by atoms with Gasteiger partial charge in [-0.3, -0.25) is 9.59 Å². The number of hydrogen-bond acceptors (Lipinski definition) is 6. The van der Waals surface area contributed by atoms with E-state index in [0.717, 1.165) is 16.7 Å². The third-order valence-corrected chi connectivity index (χ3v) is 7.68. The monoisotopic (exact) mass is 529 g/mol. The van der Waals surface area contributed by atoms with Crippen LogP contribution < -0.4 is 5.32 Å². The highest BCUT2D eigenvalue weighted by molar-refractivity contribution is 5.94. The van der Waals surface area contributed by atoms with Crippen molar-refractivity contribution < 1.29 is 9.59 Å². The minimum absolute atomic E-state index is 0.0795. The number of nitrogens with one attached hydrogen (secondary N) is 2. The second-order valence-electron chi connectivity index (χ2n) is 10.4. The first-order chi connectivity index (χ1) is 19.6. The maximum absolute atomic E-state index is 13.4. The van der Waals surface area contributed by atoms with E-state index in [2.05, 4.69) is 25.3 Å². The average molecular weight is 530 g/mol. The van der Waals surface area contributed by atoms with E-state index in [9.17, 15) is 9.59 Å². The topological polar surface area (TPSA) is 107 Å². The van der Waals surface area contributed by atoms with Gasteiger partial charge in [-0.15, -0.1) is 0 Å². The fraction of sp³-hybridized carbons (Fsp3) is 0.194. The Balaban J connectivity index is 1.00. The first kappa shape index (κ1) is 24.0. The second kappa shape index (κ2) is 9.92. The number of aromatic nitrogens is 4. The Morgan fingerprint density at radius 3 is 2.00 bits per heavy atom. The molecule has 9 heteroatoms. The predicted molar refractivity (Wildman–Crippen MR) is 152 cm³/mol. The number of benzene rings is 2. The Kier molecular flexibility index (Phi) is 5.96. The summed E-state index contributed by atoms with van der Waals surface area (Å²) in [5.74, 6) is 1.57. The maximum Gasteiger partial charge on any atom is 0.272 e. The average Bonchev–Trinajstić information content (AvgIpc) is 3.71. The minimum Gasteiger partial charge on any atom is -0.340 e. The van der Waals surface area contributed by atoms with Crippen molar-refractivity contribution in [3.05, 3.63) is 102 Å². The zero-order valence-electron chi connectivity index (χ0n) is 21.7. The van der Waals surface area contributed by atoms with Crippen LogP contribution in [0.4, 0.5) is 11.5 Å². The predicted octanol–water partition coefficient (Wildman–Crippen LogP) is 4.61. The van der Waals surface area contributed by atoms with Crippen molar-refractivity contribution in [2.24, 2.45) is 11.8 Å². The standard InChI is InChI=1S/C31H27N7O2/c39-30(26-13-6-12-25(33-26)29-35-23-10-4-5-11-24(23)36-29)37-16-20-18-38(19-21(20)17-37)31(40)27-14-7-15-28(34-27)32-22-8-2-1-3-9-22/h1-15,20-21H,16-19H2,(H,32,34)(H,35,36). The molecule has 40 heavy (non-hydrogen) atoms. The lowest BCUT2D eigenvalue weighted by Crippen LogP contribution is -2.36. The molecule has 2 aliphatic rings. The van der Waals surface area contributed by atoms with Crippen LogP contribution in [0.25, 0.3) is 22.6 Å². The fourth-order valence-corrected chi connectivity index (χ4v) is 5.70. The van der Waals surface area contributed by atoms with E-state index in [1.165, 1.54) is 0 Å². The van der Waals surface area contributed by atoms with Crippen LogP contribution >= 0.6 is 0 Å². The molecule has 3 aromatic heterocycles. The molecule has 5 aromatic rings. The molecule has 0 bridgehead atoms. The molecular weight excluding hydrogens is 502 g/mol. The van der Waals surface area contributed by atoms with Crippen LogP contribution in [0.15, 0.2) is 91.0 Å². The third kappa shape index (κ3) is 4.55.